The Morgan fingerprint density at radius 2 is 1.26 bits per heavy atom. The van der Waals surface area contributed by atoms with Crippen molar-refractivity contribution in [2.45, 2.75) is 65.3 Å². The topological polar surface area (TPSA) is 35.9 Å². The summed E-state index contributed by atoms with van der Waals surface area (Å²) in [4.78, 5) is 5.31. The van der Waals surface area contributed by atoms with E-state index in [9.17, 15) is 5.11 Å². The molecule has 0 spiro atoms. The molecule has 3 aromatic carbocycles. The summed E-state index contributed by atoms with van der Waals surface area (Å²) in [7, 11) is 0. The number of aryl methyl sites for hydroxylation is 1. The van der Waals surface area contributed by atoms with Crippen LogP contribution in [0.25, 0.3) is 0 Å². The number of hydrogen-bond acceptors (Lipinski definition) is 4. The maximum atomic E-state index is 10.1. The minimum atomic E-state index is 0.342. The standard InChI is InChI=1S/C34H46N2O2/c1-27-26-32(28(2)29(3)34(27)37)38-25-15-7-5-4-6-14-20-35-21-23-36(24-22-35)33(30-16-10-8-11-17-30)31-18-12-9-13-19-31/h8-13,16-19,26,33,37H,4-7,14-15,20-25H2,1-3H3. The van der Waals surface area contributed by atoms with Crippen LogP contribution < -0.4 is 4.74 Å². The van der Waals surface area contributed by atoms with Gasteiger partial charge in [0.05, 0.1) is 12.6 Å². The van der Waals surface area contributed by atoms with Gasteiger partial charge < -0.3 is 14.7 Å². The third-order valence-electron chi connectivity index (χ3n) is 8.14. The molecule has 0 aromatic heterocycles. The normalized spacial score (nSPS) is 14.7. The second-order valence-electron chi connectivity index (χ2n) is 10.9. The van der Waals surface area contributed by atoms with Gasteiger partial charge >= 0.3 is 0 Å². The Balaban J connectivity index is 1.10. The van der Waals surface area contributed by atoms with Crippen molar-refractivity contribution in [3.05, 3.63) is 94.5 Å². The van der Waals surface area contributed by atoms with E-state index in [0.29, 0.717) is 11.8 Å². The van der Waals surface area contributed by atoms with Gasteiger partial charge in [-0.05, 0) is 74.0 Å². The number of piperazine rings is 1. The first-order valence-corrected chi connectivity index (χ1v) is 14.5. The third-order valence-corrected chi connectivity index (χ3v) is 8.14. The average Bonchev–Trinajstić information content (AvgIpc) is 2.95. The molecule has 0 bridgehead atoms. The number of rotatable bonds is 13. The fourth-order valence-corrected chi connectivity index (χ4v) is 5.64. The predicted molar refractivity (Wildman–Crippen MR) is 158 cm³/mol. The zero-order valence-electron chi connectivity index (χ0n) is 23.7. The van der Waals surface area contributed by atoms with E-state index in [-0.39, 0.29) is 0 Å². The molecule has 0 unspecified atom stereocenters. The van der Waals surface area contributed by atoms with Crippen molar-refractivity contribution in [3.8, 4) is 11.5 Å². The second kappa shape index (κ2) is 14.4. The Kier molecular flexibility index (Phi) is 10.7. The van der Waals surface area contributed by atoms with E-state index < -0.39 is 0 Å². The minimum absolute atomic E-state index is 0.342. The highest BCUT2D eigenvalue weighted by atomic mass is 16.5. The van der Waals surface area contributed by atoms with Crippen molar-refractivity contribution in [1.82, 2.24) is 9.80 Å². The molecule has 4 nitrogen and oxygen atoms in total. The molecule has 0 radical (unpaired) electrons. The van der Waals surface area contributed by atoms with Crippen LogP contribution in [0, 0.1) is 20.8 Å². The fraction of sp³-hybridized carbons (Fsp3) is 0.471. The maximum absolute atomic E-state index is 10.1. The number of phenols is 1. The molecule has 1 saturated heterocycles. The Bertz CT molecular complexity index is 1070. The van der Waals surface area contributed by atoms with Crippen LogP contribution in [0.1, 0.15) is 72.4 Å². The van der Waals surface area contributed by atoms with Gasteiger partial charge in [0.1, 0.15) is 11.5 Å². The SMILES string of the molecule is Cc1cc(OCCCCCCCCN2CCN(C(c3ccccc3)c3ccccc3)CC2)c(C)c(C)c1O. The number of benzene rings is 3. The van der Waals surface area contributed by atoms with Crippen molar-refractivity contribution >= 4 is 0 Å². The summed E-state index contributed by atoms with van der Waals surface area (Å²) in [6.45, 7) is 12.4. The van der Waals surface area contributed by atoms with Gasteiger partial charge in [0.2, 0.25) is 0 Å². The zero-order valence-corrected chi connectivity index (χ0v) is 23.7. The Labute approximate surface area is 230 Å². The van der Waals surface area contributed by atoms with Crippen LogP contribution in [0.2, 0.25) is 0 Å². The van der Waals surface area contributed by atoms with Crippen molar-refractivity contribution in [2.75, 3.05) is 39.3 Å². The van der Waals surface area contributed by atoms with Crippen molar-refractivity contribution in [1.29, 1.82) is 0 Å². The largest absolute Gasteiger partial charge is 0.507 e. The van der Waals surface area contributed by atoms with E-state index in [1.54, 1.807) is 0 Å². The quantitative estimate of drug-likeness (QED) is 0.240. The summed E-state index contributed by atoms with van der Waals surface area (Å²) in [5, 5.41) is 10.1. The van der Waals surface area contributed by atoms with Gasteiger partial charge in [-0.15, -0.1) is 0 Å². The Morgan fingerprint density at radius 1 is 0.711 bits per heavy atom. The molecule has 3 aromatic rings. The monoisotopic (exact) mass is 514 g/mol. The molecule has 1 heterocycles. The molecular formula is C34H46N2O2. The van der Waals surface area contributed by atoms with Crippen molar-refractivity contribution < 1.29 is 9.84 Å². The zero-order chi connectivity index (χ0) is 26.7. The summed E-state index contributed by atoms with van der Waals surface area (Å²) in [5.41, 5.74) is 5.64. The van der Waals surface area contributed by atoms with Gasteiger partial charge in [-0.1, -0.05) is 86.3 Å². The molecule has 1 fully saturated rings. The maximum Gasteiger partial charge on any atom is 0.122 e. The van der Waals surface area contributed by atoms with E-state index in [1.165, 1.54) is 49.8 Å². The van der Waals surface area contributed by atoms with E-state index in [0.717, 1.165) is 61.6 Å². The second-order valence-corrected chi connectivity index (χ2v) is 10.9. The molecule has 4 heteroatoms. The van der Waals surface area contributed by atoms with Gasteiger partial charge in [-0.3, -0.25) is 4.90 Å². The number of ether oxygens (including phenoxy) is 1. The molecule has 0 saturated carbocycles. The van der Waals surface area contributed by atoms with E-state index >= 15 is 0 Å². The number of phenolic OH excluding ortho intramolecular Hbond substituents is 1. The van der Waals surface area contributed by atoms with Crippen LogP contribution >= 0.6 is 0 Å². The highest BCUT2D eigenvalue weighted by molar-refractivity contribution is 5.51. The first kappa shape index (κ1) is 28.2. The van der Waals surface area contributed by atoms with Crippen LogP contribution in [0.4, 0.5) is 0 Å². The molecule has 1 aliphatic rings. The summed E-state index contributed by atoms with van der Waals surface area (Å²) in [6, 6.07) is 24.2. The molecule has 0 aliphatic carbocycles. The summed E-state index contributed by atoms with van der Waals surface area (Å²) >= 11 is 0. The highest BCUT2D eigenvalue weighted by Gasteiger charge is 2.26. The smallest absolute Gasteiger partial charge is 0.122 e. The van der Waals surface area contributed by atoms with Gasteiger partial charge in [0.15, 0.2) is 0 Å². The Hall–Kier alpha value is -2.82. The molecule has 38 heavy (non-hydrogen) atoms. The van der Waals surface area contributed by atoms with Gasteiger partial charge in [0, 0.05) is 26.2 Å². The van der Waals surface area contributed by atoms with Gasteiger partial charge in [-0.2, -0.15) is 0 Å². The van der Waals surface area contributed by atoms with Crippen LogP contribution in [0.5, 0.6) is 11.5 Å². The molecule has 0 atom stereocenters. The lowest BCUT2D eigenvalue weighted by Gasteiger charge is -2.39. The minimum Gasteiger partial charge on any atom is -0.507 e. The number of hydrogen-bond donors (Lipinski definition) is 1. The van der Waals surface area contributed by atoms with Gasteiger partial charge in [0.25, 0.3) is 0 Å². The lowest BCUT2D eigenvalue weighted by molar-refractivity contribution is 0.108. The van der Waals surface area contributed by atoms with Crippen LogP contribution in [-0.4, -0.2) is 54.2 Å². The van der Waals surface area contributed by atoms with E-state index in [4.69, 9.17) is 4.74 Å². The highest BCUT2D eigenvalue weighted by Crippen LogP contribution is 2.32. The van der Waals surface area contributed by atoms with Crippen molar-refractivity contribution in [2.24, 2.45) is 0 Å². The van der Waals surface area contributed by atoms with Gasteiger partial charge in [-0.25, -0.2) is 0 Å². The first-order chi connectivity index (χ1) is 18.5. The number of unbranched alkanes of at least 4 members (excludes halogenated alkanes) is 5. The van der Waals surface area contributed by atoms with E-state index in [1.807, 2.05) is 26.8 Å². The molecular weight excluding hydrogens is 468 g/mol. The molecule has 0 amide bonds. The third kappa shape index (κ3) is 7.61. The molecule has 1 aliphatic heterocycles. The average molecular weight is 515 g/mol. The lowest BCUT2D eigenvalue weighted by atomic mass is 9.96. The Morgan fingerprint density at radius 3 is 1.87 bits per heavy atom. The van der Waals surface area contributed by atoms with E-state index in [2.05, 4.69) is 70.5 Å². The lowest BCUT2D eigenvalue weighted by Crippen LogP contribution is -2.48. The summed E-state index contributed by atoms with van der Waals surface area (Å²) < 4.78 is 6.02. The predicted octanol–water partition coefficient (Wildman–Crippen LogP) is 7.44. The van der Waals surface area contributed by atoms with Crippen LogP contribution in [0.3, 0.4) is 0 Å². The van der Waals surface area contributed by atoms with Crippen molar-refractivity contribution in [3.63, 3.8) is 0 Å². The number of aromatic hydroxyl groups is 1. The molecule has 4 rings (SSSR count). The molecule has 204 valence electrons. The number of nitrogens with zero attached hydrogens (tertiary/aromatic N) is 2. The fourth-order valence-electron chi connectivity index (χ4n) is 5.64. The summed E-state index contributed by atoms with van der Waals surface area (Å²) in [5.74, 6) is 1.30. The summed E-state index contributed by atoms with van der Waals surface area (Å²) in [6.07, 6.45) is 7.49. The van der Waals surface area contributed by atoms with Crippen LogP contribution in [-0.2, 0) is 0 Å². The molecule has 1 N–H and O–H groups in total. The van der Waals surface area contributed by atoms with Crippen LogP contribution in [0.15, 0.2) is 66.7 Å². The first-order valence-electron chi connectivity index (χ1n) is 14.5.